The largest absolute Gasteiger partial charge is 0.494 e. The maximum Gasteiger partial charge on any atom is 0.262 e. The molecule has 0 bridgehead atoms. The summed E-state index contributed by atoms with van der Waals surface area (Å²) in [5.74, 6) is -1.06. The van der Waals surface area contributed by atoms with E-state index in [2.05, 4.69) is 49.1 Å². The van der Waals surface area contributed by atoms with Gasteiger partial charge < -0.3 is 19.7 Å². The number of halogens is 1. The zero-order chi connectivity index (χ0) is 40.8. The fourth-order valence-corrected chi connectivity index (χ4v) is 9.46. The molecule has 1 aromatic heterocycles. The molecule has 3 aliphatic heterocycles. The van der Waals surface area contributed by atoms with Gasteiger partial charge >= 0.3 is 0 Å². The second-order valence-electron chi connectivity index (χ2n) is 16.7. The van der Waals surface area contributed by atoms with E-state index >= 15 is 0 Å². The zero-order valence-corrected chi connectivity index (χ0v) is 33.7. The summed E-state index contributed by atoms with van der Waals surface area (Å²) in [5.41, 5.74) is 0.594. The molecule has 1 saturated carbocycles. The molecule has 3 fully saturated rings. The van der Waals surface area contributed by atoms with E-state index in [1.165, 1.54) is 7.05 Å². The topological polar surface area (TPSA) is 167 Å². The van der Waals surface area contributed by atoms with Crippen LogP contribution in [0.15, 0.2) is 48.8 Å². The highest BCUT2D eigenvalue weighted by Gasteiger charge is 2.64. The van der Waals surface area contributed by atoms with Crippen LogP contribution in [-0.2, 0) is 9.59 Å². The third-order valence-corrected chi connectivity index (χ3v) is 12.4. The molecular weight excluding hydrogens is 750 g/mol. The molecule has 14 nitrogen and oxygen atoms in total. The molecule has 0 spiro atoms. The number of rotatable bonds is 13. The van der Waals surface area contributed by atoms with E-state index in [-0.39, 0.29) is 64.8 Å². The number of carbonyl (C=O) groups excluding carboxylic acids is 5. The maximum absolute atomic E-state index is 13.5. The average Bonchev–Trinajstić information content (AvgIpc) is 3.92. The van der Waals surface area contributed by atoms with Crippen molar-refractivity contribution >= 4 is 41.1 Å². The van der Waals surface area contributed by atoms with Gasteiger partial charge in [-0.15, -0.1) is 0 Å². The Morgan fingerprint density at radius 1 is 0.982 bits per heavy atom. The highest BCUT2D eigenvalue weighted by atomic mass is 35.5. The van der Waals surface area contributed by atoms with E-state index in [1.807, 2.05) is 10.9 Å². The van der Waals surface area contributed by atoms with Crippen molar-refractivity contribution in [2.45, 2.75) is 90.4 Å². The van der Waals surface area contributed by atoms with Gasteiger partial charge in [-0.3, -0.25) is 38.5 Å². The standard InChI is InChI=1S/C42H48ClN7O7/c1-41(2)39(42(3,4)40(41)57-29-10-9-25(21-44)32(43)20-29)46-35(52)26-22-45-49(23-26)27-15-17-48(24-27)16-7-6-8-18-56-28-11-12-30-31(19-28)37(54)50(36(30)53)33-13-14-34(51)47(5)38(33)55/h9-12,19-20,22-23,27,33,39-40H,6-8,13-18,24H2,1-5H3,(H,46,52)/t27-,33-,39?,40?/m1/s1. The number of nitrogens with zero attached hydrogens (tertiary/aromatic N) is 6. The quantitative estimate of drug-likeness (QED) is 0.178. The Kier molecular flexibility index (Phi) is 10.9. The first kappa shape index (κ1) is 40.0. The van der Waals surface area contributed by atoms with Gasteiger partial charge in [0.05, 0.1) is 46.1 Å². The number of likely N-dealkylation sites (tertiary alicyclic amines) is 2. The van der Waals surface area contributed by atoms with Gasteiger partial charge in [0.25, 0.3) is 23.6 Å². The Labute approximate surface area is 337 Å². The minimum absolute atomic E-state index is 0.0939. The number of aromatic nitrogens is 2. The molecule has 5 amide bonds. The van der Waals surface area contributed by atoms with Gasteiger partial charge in [0.2, 0.25) is 5.91 Å². The number of imide groups is 2. The molecule has 0 unspecified atom stereocenters. The van der Waals surface area contributed by atoms with Gasteiger partial charge in [-0.1, -0.05) is 39.3 Å². The number of likely N-dealkylation sites (N-methyl/N-ethyl adjacent to an activating group) is 1. The smallest absolute Gasteiger partial charge is 0.262 e. The normalized spacial score (nSPS) is 23.9. The lowest BCUT2D eigenvalue weighted by Crippen LogP contribution is -2.74. The minimum Gasteiger partial charge on any atom is -0.494 e. The van der Waals surface area contributed by atoms with Crippen LogP contribution in [-0.4, -0.2) is 105 Å². The predicted octanol–water partition coefficient (Wildman–Crippen LogP) is 5.26. The van der Waals surface area contributed by atoms with Crippen LogP contribution in [0.25, 0.3) is 0 Å². The first-order chi connectivity index (χ1) is 27.1. The first-order valence-electron chi connectivity index (χ1n) is 19.5. The third kappa shape index (κ3) is 7.50. The van der Waals surface area contributed by atoms with Crippen molar-refractivity contribution in [1.82, 2.24) is 29.8 Å². The van der Waals surface area contributed by atoms with Crippen LogP contribution < -0.4 is 14.8 Å². The van der Waals surface area contributed by atoms with Crippen LogP contribution in [0.1, 0.15) is 109 Å². The second-order valence-corrected chi connectivity index (χ2v) is 17.1. The summed E-state index contributed by atoms with van der Waals surface area (Å²) in [6.45, 7) is 11.5. The molecule has 3 aromatic rings. The van der Waals surface area contributed by atoms with Gasteiger partial charge in [0.1, 0.15) is 29.7 Å². The number of benzene rings is 2. The highest BCUT2D eigenvalue weighted by molar-refractivity contribution is 6.31. The van der Waals surface area contributed by atoms with Crippen LogP contribution in [0.5, 0.6) is 11.5 Å². The van der Waals surface area contributed by atoms with E-state index in [0.29, 0.717) is 34.3 Å². The maximum atomic E-state index is 13.5. The van der Waals surface area contributed by atoms with Crippen LogP contribution in [0.3, 0.4) is 0 Å². The number of nitrogens with one attached hydrogen (secondary N) is 1. The molecule has 0 radical (unpaired) electrons. The van der Waals surface area contributed by atoms with Crippen molar-refractivity contribution in [2.75, 3.05) is 33.3 Å². The molecule has 2 aromatic carbocycles. The molecular formula is C42H48ClN7O7. The number of piperidine rings is 1. The van der Waals surface area contributed by atoms with Gasteiger partial charge in [0, 0.05) is 55.7 Å². The van der Waals surface area contributed by atoms with Crippen molar-refractivity contribution in [2.24, 2.45) is 10.8 Å². The van der Waals surface area contributed by atoms with E-state index in [4.69, 9.17) is 21.1 Å². The lowest BCUT2D eigenvalue weighted by Gasteiger charge is -2.63. The average molecular weight is 798 g/mol. The van der Waals surface area contributed by atoms with Crippen molar-refractivity contribution in [3.63, 3.8) is 0 Å². The fraction of sp³-hybridized carbons (Fsp3) is 0.500. The number of hydrogen-bond donors (Lipinski definition) is 1. The van der Waals surface area contributed by atoms with E-state index in [9.17, 15) is 29.2 Å². The Morgan fingerprint density at radius 3 is 2.46 bits per heavy atom. The van der Waals surface area contributed by atoms with Crippen LogP contribution in [0.4, 0.5) is 0 Å². The van der Waals surface area contributed by atoms with Crippen molar-refractivity contribution < 1.29 is 33.4 Å². The summed E-state index contributed by atoms with van der Waals surface area (Å²) in [6.07, 6.45) is 7.16. The van der Waals surface area contributed by atoms with Crippen LogP contribution in [0.2, 0.25) is 5.02 Å². The first-order valence-corrected chi connectivity index (χ1v) is 19.9. The SMILES string of the molecule is CN1C(=O)CC[C@@H](N2C(=O)c3ccc(OCCCCCN4CC[C@@H](n5cc(C(=O)NC6C(C)(C)C(Oc7ccc(C#N)c(Cl)c7)C6(C)C)cn5)C4)cc3C2=O)C1=O. The Balaban J connectivity index is 0.830. The molecule has 4 aliphatic rings. The van der Waals surface area contributed by atoms with Gasteiger partial charge in [0.15, 0.2) is 0 Å². The van der Waals surface area contributed by atoms with Crippen molar-refractivity contribution in [3.8, 4) is 17.6 Å². The van der Waals surface area contributed by atoms with Gasteiger partial charge in [-0.05, 0) is 69.0 Å². The number of unbranched alkanes of at least 4 members (excludes halogenated alkanes) is 2. The molecule has 1 N–H and O–H groups in total. The Hall–Kier alpha value is -5.26. The monoisotopic (exact) mass is 797 g/mol. The summed E-state index contributed by atoms with van der Waals surface area (Å²) in [7, 11) is 1.37. The molecule has 300 valence electrons. The minimum atomic E-state index is -0.989. The molecule has 7 rings (SSSR count). The zero-order valence-electron chi connectivity index (χ0n) is 32.9. The molecule has 1 aliphatic carbocycles. The summed E-state index contributed by atoms with van der Waals surface area (Å²) in [4.78, 5) is 68.7. The number of carbonyl (C=O) groups is 5. The van der Waals surface area contributed by atoms with E-state index in [0.717, 1.165) is 55.1 Å². The van der Waals surface area contributed by atoms with Crippen molar-refractivity contribution in [1.29, 1.82) is 5.26 Å². The molecule has 15 heteroatoms. The molecule has 4 heterocycles. The molecule has 2 atom stereocenters. The lowest BCUT2D eigenvalue weighted by molar-refractivity contribution is -0.164. The third-order valence-electron chi connectivity index (χ3n) is 12.1. The number of hydrogen-bond acceptors (Lipinski definition) is 10. The number of nitriles is 1. The number of fused-ring (bicyclic) bond motifs is 1. The number of ether oxygens (including phenoxy) is 2. The summed E-state index contributed by atoms with van der Waals surface area (Å²) < 4.78 is 14.2. The lowest BCUT2D eigenvalue weighted by atomic mass is 9.49. The van der Waals surface area contributed by atoms with Gasteiger partial charge in [-0.25, -0.2) is 0 Å². The van der Waals surface area contributed by atoms with E-state index in [1.54, 1.807) is 42.6 Å². The summed E-state index contributed by atoms with van der Waals surface area (Å²) in [5, 5.41) is 17.4. The summed E-state index contributed by atoms with van der Waals surface area (Å²) in [6, 6.07) is 10.9. The number of amides is 5. The van der Waals surface area contributed by atoms with E-state index < -0.39 is 23.8 Å². The Bertz CT molecular complexity index is 2140. The predicted molar refractivity (Wildman–Crippen MR) is 209 cm³/mol. The molecule has 57 heavy (non-hydrogen) atoms. The van der Waals surface area contributed by atoms with Crippen molar-refractivity contribution in [3.05, 3.63) is 76.1 Å². The van der Waals surface area contributed by atoms with Crippen LogP contribution >= 0.6 is 11.6 Å². The Morgan fingerprint density at radius 2 is 1.72 bits per heavy atom. The van der Waals surface area contributed by atoms with Gasteiger partial charge in [-0.2, -0.15) is 10.4 Å². The summed E-state index contributed by atoms with van der Waals surface area (Å²) >= 11 is 6.24. The highest BCUT2D eigenvalue weighted by Crippen LogP contribution is 2.55. The van der Waals surface area contributed by atoms with Crippen LogP contribution in [0, 0.1) is 22.2 Å². The fourth-order valence-electron chi connectivity index (χ4n) is 9.25. The second kappa shape index (κ2) is 15.6. The molecule has 2 saturated heterocycles.